The van der Waals surface area contributed by atoms with Gasteiger partial charge in [-0.3, -0.25) is 0 Å². The first-order valence-corrected chi connectivity index (χ1v) is 23.5. The fraction of sp³-hybridized carbons (Fsp3) is 0.0714. The Balaban J connectivity index is 1.27. The Hall–Kier alpha value is -7.97. The molecule has 0 aliphatic carbocycles. The smallest absolute Gasteiger partial charge is 0.240 e. The van der Waals surface area contributed by atoms with Gasteiger partial charge in [-0.1, -0.05) is 109 Å². The summed E-state index contributed by atoms with van der Waals surface area (Å²) in [5, 5.41) is 3.66. The predicted molar refractivity (Wildman–Crippen MR) is 254 cm³/mol. The molecule has 0 unspecified atom stereocenters. The first kappa shape index (κ1) is 46.1. The van der Waals surface area contributed by atoms with Crippen molar-refractivity contribution in [2.45, 2.75) is 24.7 Å². The number of rotatable bonds is 2. The molecular formula is C56H28F12O4P+. The van der Waals surface area contributed by atoms with Crippen LogP contribution in [0.15, 0.2) is 170 Å². The fourth-order valence-electron chi connectivity index (χ4n) is 9.74. The minimum absolute atomic E-state index is 0.0267. The minimum atomic E-state index is -5.30. The highest BCUT2D eigenvalue weighted by Gasteiger charge is 2.62. The van der Waals surface area contributed by atoms with Crippen LogP contribution in [0.2, 0.25) is 0 Å². The van der Waals surface area contributed by atoms with E-state index in [0.717, 1.165) is 10.8 Å². The van der Waals surface area contributed by atoms with E-state index in [0.29, 0.717) is 46.2 Å². The van der Waals surface area contributed by atoms with Crippen molar-refractivity contribution >= 4 is 51.3 Å². The normalized spacial score (nSPS) is 14.3. The van der Waals surface area contributed by atoms with Gasteiger partial charge >= 0.3 is 32.9 Å². The van der Waals surface area contributed by atoms with Crippen LogP contribution in [0.5, 0.6) is 23.0 Å². The Kier molecular flexibility index (Phi) is 10.1. The van der Waals surface area contributed by atoms with Crippen molar-refractivity contribution in [2.75, 3.05) is 0 Å². The maximum atomic E-state index is 14.7. The number of alkyl halides is 12. The lowest BCUT2D eigenvalue weighted by Crippen LogP contribution is -2.20. The molecule has 0 aromatic heterocycles. The largest absolute Gasteiger partial charge is 0.766 e. The SMILES string of the molecule is FC(F)(F)c1cc(-c2cc3ccccc3c3c2O[P+]2(Oc4ccc5ccccc5c4-c4c(ccc5ccccc45)O2)Oc2c(-c4cc(C(F)(F)F)cc(C(F)(F)F)c4)cc4ccccc4c2-3)cc(C(F)(F)F)c1. The average Bonchev–Trinajstić information content (AvgIpc) is 3.59. The highest BCUT2D eigenvalue weighted by molar-refractivity contribution is 7.58. The van der Waals surface area contributed by atoms with E-state index in [-0.39, 0.29) is 67.4 Å². The molecule has 2 aliphatic heterocycles. The molecule has 0 bridgehead atoms. The number of hydrogen-bond donors (Lipinski definition) is 0. The van der Waals surface area contributed by atoms with E-state index in [4.69, 9.17) is 18.1 Å². The zero-order valence-corrected chi connectivity index (χ0v) is 37.7. The number of hydrogen-bond acceptors (Lipinski definition) is 4. The Bertz CT molecular complexity index is 3630. The second-order valence-corrected chi connectivity index (χ2v) is 19.0. The molecule has 0 atom stereocenters. The van der Waals surface area contributed by atoms with Crippen LogP contribution in [0, 0.1) is 0 Å². The molecule has 12 rings (SSSR count). The summed E-state index contributed by atoms with van der Waals surface area (Å²) in [6.45, 7) is 0. The molecule has 4 nitrogen and oxygen atoms in total. The summed E-state index contributed by atoms with van der Waals surface area (Å²) in [7, 11) is -4.97. The van der Waals surface area contributed by atoms with Gasteiger partial charge < -0.3 is 0 Å². The van der Waals surface area contributed by atoms with Crippen molar-refractivity contribution in [3.05, 3.63) is 192 Å². The maximum Gasteiger partial charge on any atom is 0.766 e. The Morgan fingerprint density at radius 1 is 0.288 bits per heavy atom. The van der Waals surface area contributed by atoms with Gasteiger partial charge in [0.15, 0.2) is 11.5 Å². The number of benzene rings is 10. The summed E-state index contributed by atoms with van der Waals surface area (Å²) in [6, 6.07) is 38.2. The van der Waals surface area contributed by atoms with Gasteiger partial charge in [-0.15, -0.1) is 0 Å². The van der Waals surface area contributed by atoms with Crippen molar-refractivity contribution in [1.29, 1.82) is 0 Å². The monoisotopic (exact) mass is 1020 g/mol. The first-order chi connectivity index (χ1) is 34.6. The topological polar surface area (TPSA) is 36.9 Å². The van der Waals surface area contributed by atoms with Crippen LogP contribution in [-0.2, 0) is 24.7 Å². The van der Waals surface area contributed by atoms with E-state index in [1.165, 1.54) is 24.3 Å². The van der Waals surface area contributed by atoms with E-state index >= 15 is 0 Å². The minimum Gasteiger partial charge on any atom is -0.240 e. The summed E-state index contributed by atoms with van der Waals surface area (Å²) < 4.78 is 205. The predicted octanol–water partition coefficient (Wildman–Crippen LogP) is 19.0. The molecule has 17 heteroatoms. The van der Waals surface area contributed by atoms with Crippen molar-refractivity contribution in [3.63, 3.8) is 0 Å². The van der Waals surface area contributed by atoms with Crippen LogP contribution in [0.1, 0.15) is 22.3 Å². The fourth-order valence-corrected chi connectivity index (χ4v) is 11.6. The summed E-state index contributed by atoms with van der Waals surface area (Å²) in [4.78, 5) is 0. The lowest BCUT2D eigenvalue weighted by Gasteiger charge is -2.21. The number of halogens is 12. The van der Waals surface area contributed by atoms with Gasteiger partial charge in [-0.2, -0.15) is 52.7 Å². The lowest BCUT2D eigenvalue weighted by molar-refractivity contribution is -0.144. The molecule has 0 saturated carbocycles. The molecule has 0 radical (unpaired) electrons. The van der Waals surface area contributed by atoms with Crippen molar-refractivity contribution in [1.82, 2.24) is 0 Å². The molecular weight excluding hydrogens is 996 g/mol. The summed E-state index contributed by atoms with van der Waals surface area (Å²) in [5.41, 5.74) is -7.87. The first-order valence-electron chi connectivity index (χ1n) is 22.1. The Morgan fingerprint density at radius 3 is 0.918 bits per heavy atom. The second-order valence-electron chi connectivity index (χ2n) is 17.4. The summed E-state index contributed by atoms with van der Waals surface area (Å²) >= 11 is 0. The molecule has 0 saturated heterocycles. The van der Waals surface area contributed by atoms with Crippen LogP contribution in [-0.4, -0.2) is 0 Å². The van der Waals surface area contributed by atoms with E-state index in [9.17, 15) is 52.7 Å². The van der Waals surface area contributed by atoms with Crippen molar-refractivity contribution in [3.8, 4) is 67.5 Å². The molecule has 73 heavy (non-hydrogen) atoms. The van der Waals surface area contributed by atoms with Crippen LogP contribution < -0.4 is 18.1 Å². The van der Waals surface area contributed by atoms with Crippen LogP contribution in [0.25, 0.3) is 87.6 Å². The van der Waals surface area contributed by atoms with Gasteiger partial charge in [0.1, 0.15) is 0 Å². The molecule has 0 amide bonds. The third-order valence-electron chi connectivity index (χ3n) is 12.9. The molecule has 364 valence electrons. The molecule has 10 aromatic rings. The van der Waals surface area contributed by atoms with Gasteiger partial charge in [0.05, 0.1) is 22.3 Å². The van der Waals surface area contributed by atoms with Crippen LogP contribution in [0.3, 0.4) is 0 Å². The number of fused-ring (bicyclic) bond motifs is 14. The Morgan fingerprint density at radius 2 is 0.589 bits per heavy atom. The lowest BCUT2D eigenvalue weighted by atomic mass is 9.85. The van der Waals surface area contributed by atoms with Gasteiger partial charge in [0, 0.05) is 33.4 Å². The zero-order valence-electron chi connectivity index (χ0n) is 36.8. The van der Waals surface area contributed by atoms with Gasteiger partial charge in [-0.25, -0.2) is 18.1 Å². The third kappa shape index (κ3) is 7.77. The van der Waals surface area contributed by atoms with Crippen molar-refractivity contribution < 1.29 is 70.8 Å². The molecule has 10 aromatic carbocycles. The molecule has 2 heterocycles. The Labute approximate surface area is 405 Å². The molecule has 0 fully saturated rings. The summed E-state index contributed by atoms with van der Waals surface area (Å²) in [5.74, 6) is -0.804. The van der Waals surface area contributed by atoms with Crippen LogP contribution in [0.4, 0.5) is 52.7 Å². The van der Waals surface area contributed by atoms with E-state index in [1.54, 1.807) is 84.9 Å². The standard InChI is InChI=1S/C56H28F12O4P/c57-53(58,59)35-21-33(22-36(27-35)54(60,61)62)43-25-31-11-3-7-15-41(31)49-50-42-16-8-4-12-32(42)26-44(34-23-37(55(63,64)65)28-38(24-34)56(66,67)68)52(50)72-73(71-51(43)49)69-45-19-17-29-9-1-5-13-39(29)47(45)48-40-14-6-2-10-30(40)18-20-46(48)70-73/h1-28H/q+1. The molecule has 1 spiro atoms. The van der Waals surface area contributed by atoms with E-state index < -0.39 is 77.8 Å². The third-order valence-corrected chi connectivity index (χ3v) is 14.6. The highest BCUT2D eigenvalue weighted by Crippen LogP contribution is 2.72. The zero-order chi connectivity index (χ0) is 51.0. The van der Waals surface area contributed by atoms with Gasteiger partial charge in [0.25, 0.3) is 0 Å². The highest BCUT2D eigenvalue weighted by atomic mass is 31.2. The average molecular weight is 1020 g/mol. The maximum absolute atomic E-state index is 14.7. The molecule has 0 N–H and O–H groups in total. The van der Waals surface area contributed by atoms with E-state index in [2.05, 4.69) is 0 Å². The second kappa shape index (κ2) is 16.0. The van der Waals surface area contributed by atoms with Crippen LogP contribution >= 0.6 is 8.17 Å². The van der Waals surface area contributed by atoms with Crippen molar-refractivity contribution in [2.24, 2.45) is 0 Å². The van der Waals surface area contributed by atoms with E-state index in [1.807, 2.05) is 24.3 Å². The van der Waals surface area contributed by atoms with Gasteiger partial charge in [0.2, 0.25) is 11.5 Å². The summed E-state index contributed by atoms with van der Waals surface area (Å²) in [6.07, 6.45) is -21.2. The molecule has 2 aliphatic rings. The quantitative estimate of drug-likeness (QED) is 0.128. The van der Waals surface area contributed by atoms with Gasteiger partial charge in [-0.05, 0) is 115 Å².